The molecule has 1 N–H and O–H groups in total. The van der Waals surface area contributed by atoms with Crippen molar-refractivity contribution >= 4 is 21.7 Å². The topological polar surface area (TPSA) is 83.9 Å². The normalized spacial score (nSPS) is 11.1. The lowest BCUT2D eigenvalue weighted by Gasteiger charge is -2.20. The molecule has 6 nitrogen and oxygen atoms in total. The lowest BCUT2D eigenvalue weighted by Crippen LogP contribution is -2.26. The number of anilines is 1. The van der Waals surface area contributed by atoms with Gasteiger partial charge in [-0.05, 0) is 38.1 Å². The van der Waals surface area contributed by atoms with Crippen LogP contribution in [0.25, 0.3) is 0 Å². The third-order valence-electron chi connectivity index (χ3n) is 3.52. The molecule has 0 aliphatic carbocycles. The Morgan fingerprint density at radius 1 is 1.17 bits per heavy atom. The van der Waals surface area contributed by atoms with E-state index >= 15 is 0 Å². The van der Waals surface area contributed by atoms with E-state index < -0.39 is 16.0 Å². The fourth-order valence-corrected chi connectivity index (χ4v) is 3.29. The molecule has 0 fully saturated rings. The Morgan fingerprint density at radius 2 is 1.79 bits per heavy atom. The van der Waals surface area contributed by atoms with E-state index in [9.17, 15) is 18.3 Å². The van der Waals surface area contributed by atoms with Crippen molar-refractivity contribution in [2.45, 2.75) is 18.7 Å². The zero-order valence-corrected chi connectivity index (χ0v) is 14.5. The third kappa shape index (κ3) is 3.51. The van der Waals surface area contributed by atoms with Gasteiger partial charge in [0.25, 0.3) is 10.0 Å². The molecule has 0 saturated carbocycles. The van der Waals surface area contributed by atoms with Gasteiger partial charge in [-0.25, -0.2) is 13.2 Å². The standard InChI is InChI=1S/C17H19NO5S/c1-4-23-17(20)15-10-7-13(11-16(15)19)18(3)24(21,22)14-8-5-12(2)6-9-14/h5-11,19H,4H2,1-3H3. The number of ether oxygens (including phenoxy) is 1. The number of esters is 1. The van der Waals surface area contributed by atoms with Crippen LogP contribution in [-0.4, -0.2) is 33.1 Å². The van der Waals surface area contributed by atoms with E-state index in [1.165, 1.54) is 37.4 Å². The third-order valence-corrected chi connectivity index (χ3v) is 5.32. The fraction of sp³-hybridized carbons (Fsp3) is 0.235. The predicted octanol–water partition coefficient (Wildman–Crippen LogP) is 2.70. The minimum atomic E-state index is -3.76. The first-order chi connectivity index (χ1) is 11.3. The smallest absolute Gasteiger partial charge is 0.341 e. The zero-order chi connectivity index (χ0) is 17.9. The molecule has 2 aromatic carbocycles. The molecule has 128 valence electrons. The summed E-state index contributed by atoms with van der Waals surface area (Å²) in [5.41, 5.74) is 1.18. The lowest BCUT2D eigenvalue weighted by molar-refractivity contribution is 0.0523. The van der Waals surface area contributed by atoms with Crippen LogP contribution in [0.5, 0.6) is 5.75 Å². The molecule has 2 rings (SSSR count). The minimum Gasteiger partial charge on any atom is -0.507 e. The van der Waals surface area contributed by atoms with Gasteiger partial charge in [-0.15, -0.1) is 0 Å². The molecule has 0 spiro atoms. The second-order valence-electron chi connectivity index (χ2n) is 5.21. The molecule has 24 heavy (non-hydrogen) atoms. The molecule has 0 heterocycles. The number of hydrogen-bond donors (Lipinski definition) is 1. The fourth-order valence-electron chi connectivity index (χ4n) is 2.10. The molecule has 0 aromatic heterocycles. The van der Waals surface area contributed by atoms with Gasteiger partial charge in [0.15, 0.2) is 0 Å². The van der Waals surface area contributed by atoms with Crippen LogP contribution >= 0.6 is 0 Å². The number of carbonyl (C=O) groups is 1. The number of benzene rings is 2. The SMILES string of the molecule is CCOC(=O)c1ccc(N(C)S(=O)(=O)c2ccc(C)cc2)cc1O. The average Bonchev–Trinajstić information content (AvgIpc) is 2.54. The summed E-state index contributed by atoms with van der Waals surface area (Å²) < 4.78 is 31.1. The van der Waals surface area contributed by atoms with Crippen molar-refractivity contribution < 1.29 is 23.1 Å². The maximum atomic E-state index is 12.6. The molecular formula is C17H19NO5S. The van der Waals surface area contributed by atoms with Gasteiger partial charge in [0.1, 0.15) is 11.3 Å². The Morgan fingerprint density at radius 3 is 2.33 bits per heavy atom. The van der Waals surface area contributed by atoms with Gasteiger partial charge >= 0.3 is 5.97 Å². The number of hydrogen-bond acceptors (Lipinski definition) is 5. The number of rotatable bonds is 5. The molecule has 0 atom stereocenters. The molecule has 0 aliphatic heterocycles. The molecule has 0 unspecified atom stereocenters. The summed E-state index contributed by atoms with van der Waals surface area (Å²) in [5.74, 6) is -0.998. The summed E-state index contributed by atoms with van der Waals surface area (Å²) in [6.45, 7) is 3.71. The maximum Gasteiger partial charge on any atom is 0.341 e. The predicted molar refractivity (Wildman–Crippen MR) is 90.8 cm³/mol. The highest BCUT2D eigenvalue weighted by molar-refractivity contribution is 7.92. The summed E-state index contributed by atoms with van der Waals surface area (Å²) in [6.07, 6.45) is 0. The van der Waals surface area contributed by atoms with Crippen molar-refractivity contribution in [2.75, 3.05) is 18.0 Å². The van der Waals surface area contributed by atoms with Crippen molar-refractivity contribution in [3.63, 3.8) is 0 Å². The first kappa shape index (κ1) is 17.8. The van der Waals surface area contributed by atoms with Crippen LogP contribution in [0.2, 0.25) is 0 Å². The Balaban J connectivity index is 2.35. The zero-order valence-electron chi connectivity index (χ0n) is 13.7. The largest absolute Gasteiger partial charge is 0.507 e. The van der Waals surface area contributed by atoms with E-state index in [1.807, 2.05) is 6.92 Å². The van der Waals surface area contributed by atoms with Gasteiger partial charge in [0.05, 0.1) is 17.2 Å². The van der Waals surface area contributed by atoms with E-state index in [0.717, 1.165) is 9.87 Å². The van der Waals surface area contributed by atoms with Crippen LogP contribution in [0.1, 0.15) is 22.8 Å². The van der Waals surface area contributed by atoms with Gasteiger partial charge in [-0.3, -0.25) is 4.31 Å². The first-order valence-corrected chi connectivity index (χ1v) is 8.77. The number of carbonyl (C=O) groups excluding carboxylic acids is 1. The van der Waals surface area contributed by atoms with E-state index in [1.54, 1.807) is 19.1 Å². The van der Waals surface area contributed by atoms with Gasteiger partial charge in [-0.2, -0.15) is 0 Å². The molecular weight excluding hydrogens is 330 g/mol. The van der Waals surface area contributed by atoms with E-state index in [2.05, 4.69) is 0 Å². The number of phenols is 1. The van der Waals surface area contributed by atoms with Crippen molar-refractivity contribution in [1.82, 2.24) is 0 Å². The number of aromatic hydroxyl groups is 1. The van der Waals surface area contributed by atoms with Gasteiger partial charge in [0.2, 0.25) is 0 Å². The molecule has 0 radical (unpaired) electrons. The monoisotopic (exact) mass is 349 g/mol. The van der Waals surface area contributed by atoms with Crippen LogP contribution in [0.15, 0.2) is 47.4 Å². The number of nitrogens with zero attached hydrogens (tertiary/aromatic N) is 1. The average molecular weight is 349 g/mol. The number of aryl methyl sites for hydroxylation is 1. The number of phenolic OH excluding ortho intramolecular Hbond substituents is 1. The highest BCUT2D eigenvalue weighted by Gasteiger charge is 2.22. The highest BCUT2D eigenvalue weighted by atomic mass is 32.2. The van der Waals surface area contributed by atoms with Crippen LogP contribution in [0.3, 0.4) is 0 Å². The summed E-state index contributed by atoms with van der Waals surface area (Å²) in [5, 5.41) is 9.99. The van der Waals surface area contributed by atoms with Gasteiger partial charge < -0.3 is 9.84 Å². The second-order valence-corrected chi connectivity index (χ2v) is 7.18. The summed E-state index contributed by atoms with van der Waals surface area (Å²) in [6, 6.07) is 10.5. The first-order valence-electron chi connectivity index (χ1n) is 7.33. The van der Waals surface area contributed by atoms with Gasteiger partial charge in [0, 0.05) is 13.1 Å². The summed E-state index contributed by atoms with van der Waals surface area (Å²) in [4.78, 5) is 11.8. The second kappa shape index (κ2) is 6.92. The molecule has 0 amide bonds. The Kier molecular flexibility index (Phi) is 5.14. The van der Waals surface area contributed by atoms with Gasteiger partial charge in [-0.1, -0.05) is 17.7 Å². The highest BCUT2D eigenvalue weighted by Crippen LogP contribution is 2.28. The molecule has 7 heteroatoms. The van der Waals surface area contributed by atoms with E-state index in [-0.39, 0.29) is 28.5 Å². The van der Waals surface area contributed by atoms with Crippen LogP contribution < -0.4 is 4.31 Å². The summed E-state index contributed by atoms with van der Waals surface area (Å²) >= 11 is 0. The molecule has 0 aliphatic rings. The van der Waals surface area contributed by atoms with Crippen molar-refractivity contribution in [3.8, 4) is 5.75 Å². The Labute approximate surface area is 141 Å². The van der Waals surface area contributed by atoms with Crippen molar-refractivity contribution in [3.05, 3.63) is 53.6 Å². The van der Waals surface area contributed by atoms with E-state index in [4.69, 9.17) is 4.74 Å². The molecule has 0 bridgehead atoms. The minimum absolute atomic E-state index is 0.0123. The quantitative estimate of drug-likeness (QED) is 0.839. The molecule has 2 aromatic rings. The van der Waals surface area contributed by atoms with Crippen LogP contribution in [-0.2, 0) is 14.8 Å². The van der Waals surface area contributed by atoms with E-state index in [0.29, 0.717) is 0 Å². The Hall–Kier alpha value is -2.54. The molecule has 0 saturated heterocycles. The van der Waals surface area contributed by atoms with Crippen LogP contribution in [0.4, 0.5) is 5.69 Å². The Bertz CT molecular complexity index is 844. The van der Waals surface area contributed by atoms with Crippen LogP contribution in [0, 0.1) is 6.92 Å². The van der Waals surface area contributed by atoms with Crippen molar-refractivity contribution in [2.24, 2.45) is 0 Å². The number of sulfonamides is 1. The summed E-state index contributed by atoms with van der Waals surface area (Å²) in [7, 11) is -2.38. The van der Waals surface area contributed by atoms with Crippen molar-refractivity contribution in [1.29, 1.82) is 0 Å². The lowest BCUT2D eigenvalue weighted by atomic mass is 10.2. The maximum absolute atomic E-state index is 12.6.